The van der Waals surface area contributed by atoms with Crippen molar-refractivity contribution in [2.45, 2.75) is 12.5 Å². The first-order chi connectivity index (χ1) is 18.8. The van der Waals surface area contributed by atoms with Gasteiger partial charge in [-0.1, -0.05) is 109 Å². The van der Waals surface area contributed by atoms with E-state index >= 15 is 0 Å². The third kappa shape index (κ3) is 3.38. The molecular weight excluding hydrogens is 478 g/mol. The van der Waals surface area contributed by atoms with E-state index in [9.17, 15) is 0 Å². The fraction of sp³-hybridized carbons (Fsp3) is 0.0556. The Hall–Kier alpha value is -4.40. The van der Waals surface area contributed by atoms with Crippen LogP contribution in [0.15, 0.2) is 133 Å². The van der Waals surface area contributed by atoms with Crippen LogP contribution >= 0.6 is 11.3 Å². The smallest absolute Gasteiger partial charge is 0.0572 e. The largest absolute Gasteiger partial charge is 0.333 e. The highest BCUT2D eigenvalue weighted by atomic mass is 32.1. The lowest BCUT2D eigenvalue weighted by Gasteiger charge is -2.26. The van der Waals surface area contributed by atoms with Crippen LogP contribution in [-0.4, -0.2) is 4.57 Å². The molecule has 0 amide bonds. The molecule has 0 saturated heterocycles. The van der Waals surface area contributed by atoms with Crippen LogP contribution in [0.4, 0.5) is 0 Å². The lowest BCUT2D eigenvalue weighted by Crippen LogP contribution is -2.11. The summed E-state index contributed by atoms with van der Waals surface area (Å²) in [6, 6.07) is 44.5. The van der Waals surface area contributed by atoms with Crippen LogP contribution < -0.4 is 0 Å². The number of hydrogen-bond donors (Lipinski definition) is 0. The molecule has 7 aromatic rings. The Balaban J connectivity index is 1.41. The second kappa shape index (κ2) is 8.58. The molecular formula is C36H25NS. The maximum absolute atomic E-state index is 2.59. The third-order valence-electron chi connectivity index (χ3n) is 7.92. The summed E-state index contributed by atoms with van der Waals surface area (Å²) in [6.07, 6.45) is 5.82. The van der Waals surface area contributed by atoms with Gasteiger partial charge in [-0.2, -0.15) is 0 Å². The average molecular weight is 504 g/mol. The Morgan fingerprint density at radius 1 is 0.553 bits per heavy atom. The minimum Gasteiger partial charge on any atom is -0.333 e. The molecule has 0 saturated carbocycles. The van der Waals surface area contributed by atoms with Gasteiger partial charge in [0.05, 0.1) is 11.6 Å². The number of para-hydroxylation sites is 1. The minimum atomic E-state index is 0.204. The van der Waals surface area contributed by atoms with Crippen molar-refractivity contribution in [1.82, 2.24) is 4.57 Å². The van der Waals surface area contributed by atoms with Gasteiger partial charge in [-0.3, -0.25) is 0 Å². The maximum Gasteiger partial charge on any atom is 0.0572 e. The number of benzene rings is 5. The Morgan fingerprint density at radius 2 is 1.24 bits per heavy atom. The monoisotopic (exact) mass is 503 g/mol. The Morgan fingerprint density at radius 3 is 2.05 bits per heavy atom. The molecule has 8 rings (SSSR count). The molecule has 180 valence electrons. The molecule has 0 radical (unpaired) electrons. The Kier molecular flexibility index (Phi) is 4.89. The molecule has 2 aromatic heterocycles. The van der Waals surface area contributed by atoms with Gasteiger partial charge in [0, 0.05) is 36.5 Å². The van der Waals surface area contributed by atoms with Crippen LogP contribution in [0, 0.1) is 0 Å². The Bertz CT molecular complexity index is 2040. The van der Waals surface area contributed by atoms with Crippen LogP contribution in [0.25, 0.3) is 53.1 Å². The second-order valence-corrected chi connectivity index (χ2v) is 11.2. The summed E-state index contributed by atoms with van der Waals surface area (Å²) in [7, 11) is 0. The number of rotatable bonds is 3. The van der Waals surface area contributed by atoms with Gasteiger partial charge in [0.1, 0.15) is 0 Å². The van der Waals surface area contributed by atoms with Gasteiger partial charge in [0.2, 0.25) is 0 Å². The number of nitrogens with zero attached hydrogens (tertiary/aromatic N) is 1. The molecule has 1 atom stereocenters. The van der Waals surface area contributed by atoms with Gasteiger partial charge < -0.3 is 4.57 Å². The zero-order valence-corrected chi connectivity index (χ0v) is 21.7. The molecule has 38 heavy (non-hydrogen) atoms. The van der Waals surface area contributed by atoms with Crippen molar-refractivity contribution in [3.05, 3.63) is 145 Å². The number of thiophene rings is 1. The van der Waals surface area contributed by atoms with Crippen molar-refractivity contribution in [3.63, 3.8) is 0 Å². The predicted molar refractivity (Wildman–Crippen MR) is 165 cm³/mol. The first-order valence-electron chi connectivity index (χ1n) is 13.2. The first kappa shape index (κ1) is 21.7. The molecule has 1 nitrogen and oxygen atoms in total. The quantitative estimate of drug-likeness (QED) is 0.226. The van der Waals surface area contributed by atoms with Crippen LogP contribution in [0.5, 0.6) is 0 Å². The van der Waals surface area contributed by atoms with E-state index in [-0.39, 0.29) is 6.04 Å². The van der Waals surface area contributed by atoms with Crippen LogP contribution in [0.1, 0.15) is 23.6 Å². The van der Waals surface area contributed by atoms with Crippen LogP contribution in [0.3, 0.4) is 0 Å². The van der Waals surface area contributed by atoms with Gasteiger partial charge in [0.25, 0.3) is 0 Å². The molecule has 0 N–H and O–H groups in total. The van der Waals surface area contributed by atoms with E-state index in [1.807, 2.05) is 11.3 Å². The highest BCUT2D eigenvalue weighted by Gasteiger charge is 2.23. The fourth-order valence-corrected chi connectivity index (χ4v) is 7.32. The lowest BCUT2D eigenvalue weighted by molar-refractivity contribution is 0.658. The van der Waals surface area contributed by atoms with E-state index in [4.69, 9.17) is 0 Å². The molecule has 5 aromatic carbocycles. The van der Waals surface area contributed by atoms with E-state index in [1.54, 1.807) is 0 Å². The minimum absolute atomic E-state index is 0.204. The molecule has 2 heteroatoms. The topological polar surface area (TPSA) is 4.93 Å². The second-order valence-electron chi connectivity index (χ2n) is 10.1. The summed E-state index contributed by atoms with van der Waals surface area (Å²) in [6.45, 7) is 0. The summed E-state index contributed by atoms with van der Waals surface area (Å²) in [5.74, 6) is 0. The molecule has 1 unspecified atom stereocenters. The zero-order valence-electron chi connectivity index (χ0n) is 20.8. The third-order valence-corrected chi connectivity index (χ3v) is 9.06. The average Bonchev–Trinajstić information content (AvgIpc) is 3.51. The van der Waals surface area contributed by atoms with Crippen molar-refractivity contribution in [2.24, 2.45) is 0 Å². The number of aromatic nitrogens is 1. The molecule has 1 aliphatic rings. The highest BCUT2D eigenvalue weighted by Crippen LogP contribution is 2.44. The number of fused-ring (bicyclic) bond motifs is 6. The predicted octanol–water partition coefficient (Wildman–Crippen LogP) is 10.3. The molecule has 2 heterocycles. The molecule has 1 aliphatic carbocycles. The van der Waals surface area contributed by atoms with E-state index < -0.39 is 0 Å². The normalized spacial score (nSPS) is 15.8. The SMILES string of the molecule is C1=C(c2ccccc2)C=C(c2ccccc2)CC1n1c2ccccc2c2cc3sc4ccccc4c3cc21. The lowest BCUT2D eigenvalue weighted by atomic mass is 9.88. The van der Waals surface area contributed by atoms with Crippen molar-refractivity contribution < 1.29 is 0 Å². The standard InChI is InChI=1S/C36H25NS/c1-3-11-24(12-4-1)26-19-27(25-13-5-2-6-14-25)21-28(20-26)37-33-17-9-7-15-29(33)31-23-36-32(22-34(31)37)30-16-8-10-18-35(30)38-36/h1-20,22-23,28H,21H2. The summed E-state index contributed by atoms with van der Waals surface area (Å²) < 4.78 is 5.30. The van der Waals surface area contributed by atoms with Crippen molar-refractivity contribution >= 4 is 64.5 Å². The Labute approximate surface area is 225 Å². The van der Waals surface area contributed by atoms with Gasteiger partial charge in [-0.15, -0.1) is 11.3 Å². The molecule has 0 spiro atoms. The van der Waals surface area contributed by atoms with Gasteiger partial charge in [0.15, 0.2) is 0 Å². The van der Waals surface area contributed by atoms with Crippen molar-refractivity contribution in [3.8, 4) is 0 Å². The van der Waals surface area contributed by atoms with Gasteiger partial charge >= 0.3 is 0 Å². The highest BCUT2D eigenvalue weighted by molar-refractivity contribution is 7.25. The van der Waals surface area contributed by atoms with Crippen LogP contribution in [-0.2, 0) is 0 Å². The van der Waals surface area contributed by atoms with E-state index in [0.717, 1.165) is 6.42 Å². The number of allylic oxidation sites excluding steroid dienone is 4. The number of hydrogen-bond acceptors (Lipinski definition) is 1. The summed E-state index contributed by atoms with van der Waals surface area (Å²) in [4.78, 5) is 0. The molecule has 0 aliphatic heterocycles. The van der Waals surface area contributed by atoms with Crippen LogP contribution in [0.2, 0.25) is 0 Å². The van der Waals surface area contributed by atoms with Gasteiger partial charge in [-0.25, -0.2) is 0 Å². The first-order valence-corrected chi connectivity index (χ1v) is 14.0. The zero-order chi connectivity index (χ0) is 25.1. The fourth-order valence-electron chi connectivity index (χ4n) is 6.19. The van der Waals surface area contributed by atoms with E-state index in [2.05, 4.69) is 138 Å². The summed E-state index contributed by atoms with van der Waals surface area (Å²) in [5, 5.41) is 5.36. The molecule has 0 bridgehead atoms. The summed E-state index contributed by atoms with van der Waals surface area (Å²) >= 11 is 1.89. The van der Waals surface area contributed by atoms with Gasteiger partial charge in [-0.05, 0) is 53.0 Å². The maximum atomic E-state index is 2.59. The van der Waals surface area contributed by atoms with Crippen molar-refractivity contribution in [2.75, 3.05) is 0 Å². The summed E-state index contributed by atoms with van der Waals surface area (Å²) in [5.41, 5.74) is 7.83. The molecule has 0 fully saturated rings. The van der Waals surface area contributed by atoms with E-state index in [1.165, 1.54) is 64.3 Å². The van der Waals surface area contributed by atoms with Crippen molar-refractivity contribution in [1.29, 1.82) is 0 Å². The van der Waals surface area contributed by atoms with E-state index in [0.29, 0.717) is 0 Å².